The molecule has 0 N–H and O–H groups in total. The third-order valence-corrected chi connectivity index (χ3v) is 4.98. The summed E-state index contributed by atoms with van der Waals surface area (Å²) in [5, 5.41) is 0. The number of rotatable bonds is 4. The van der Waals surface area contributed by atoms with E-state index in [1.54, 1.807) is 6.08 Å². The lowest BCUT2D eigenvalue weighted by Crippen LogP contribution is -2.49. The second-order valence-electron chi connectivity index (χ2n) is 7.32. The maximum absolute atomic E-state index is 12.6. The van der Waals surface area contributed by atoms with Crippen LogP contribution in [0.4, 0.5) is 11.8 Å². The van der Waals surface area contributed by atoms with Crippen LogP contribution >= 0.6 is 0 Å². The van der Waals surface area contributed by atoms with E-state index in [2.05, 4.69) is 14.9 Å². The zero-order valence-electron chi connectivity index (χ0n) is 17.0. The second kappa shape index (κ2) is 7.98. The van der Waals surface area contributed by atoms with Crippen molar-refractivity contribution >= 4 is 23.7 Å². The van der Waals surface area contributed by atoms with Crippen LogP contribution in [0.1, 0.15) is 11.3 Å². The molecular formula is C21H25N5O3. The molecule has 0 unspecified atom stereocenters. The van der Waals surface area contributed by atoms with Crippen molar-refractivity contribution in [1.29, 1.82) is 0 Å². The van der Waals surface area contributed by atoms with E-state index < -0.39 is 0 Å². The Bertz CT molecular complexity index is 936. The Morgan fingerprint density at radius 1 is 1.07 bits per heavy atom. The minimum Gasteiger partial charge on any atom is -0.454 e. The number of carbonyl (C=O) groups excluding carboxylic acids is 1. The van der Waals surface area contributed by atoms with Gasteiger partial charge in [0.1, 0.15) is 5.82 Å². The van der Waals surface area contributed by atoms with E-state index in [4.69, 9.17) is 9.47 Å². The van der Waals surface area contributed by atoms with Crippen LogP contribution in [0, 0.1) is 6.92 Å². The fourth-order valence-corrected chi connectivity index (χ4v) is 3.32. The number of carbonyl (C=O) groups is 1. The highest BCUT2D eigenvalue weighted by Gasteiger charge is 2.22. The highest BCUT2D eigenvalue weighted by atomic mass is 16.7. The molecule has 8 heteroatoms. The van der Waals surface area contributed by atoms with Gasteiger partial charge in [0, 0.05) is 58.1 Å². The topological polar surface area (TPSA) is 71.0 Å². The summed E-state index contributed by atoms with van der Waals surface area (Å²) in [5.74, 6) is 3.06. The fraction of sp³-hybridized carbons (Fsp3) is 0.381. The lowest BCUT2D eigenvalue weighted by molar-refractivity contribution is -0.126. The average Bonchev–Trinajstić information content (AvgIpc) is 3.19. The first-order valence-electron chi connectivity index (χ1n) is 9.64. The molecule has 0 atom stereocenters. The summed E-state index contributed by atoms with van der Waals surface area (Å²) in [7, 11) is 3.93. The molecular weight excluding hydrogens is 370 g/mol. The molecule has 4 rings (SSSR count). The molecule has 1 amide bonds. The number of anilines is 2. The number of piperazine rings is 1. The lowest BCUT2D eigenvalue weighted by Gasteiger charge is -2.34. The molecule has 2 aromatic rings. The lowest BCUT2D eigenvalue weighted by atomic mass is 10.2. The van der Waals surface area contributed by atoms with E-state index in [1.165, 1.54) is 0 Å². The smallest absolute Gasteiger partial charge is 0.246 e. The Balaban J connectivity index is 1.36. The molecule has 2 aliphatic heterocycles. The minimum absolute atomic E-state index is 0.00135. The molecule has 1 saturated heterocycles. The second-order valence-corrected chi connectivity index (χ2v) is 7.32. The molecule has 1 aromatic carbocycles. The molecule has 0 bridgehead atoms. The summed E-state index contributed by atoms with van der Waals surface area (Å²) in [6.07, 6.45) is 3.42. The quantitative estimate of drug-likeness (QED) is 0.733. The maximum atomic E-state index is 12.6. The first-order chi connectivity index (χ1) is 14.0. The van der Waals surface area contributed by atoms with Crippen LogP contribution in [0.15, 0.2) is 30.3 Å². The SMILES string of the molecule is Cc1cc(N(C)C)nc(N2CCN(C(=O)/C=C/c3ccc4c(c3)OCO4)CC2)n1. The molecule has 0 spiro atoms. The van der Waals surface area contributed by atoms with E-state index in [9.17, 15) is 4.79 Å². The van der Waals surface area contributed by atoms with E-state index >= 15 is 0 Å². The molecule has 1 aromatic heterocycles. The molecule has 2 aliphatic rings. The Morgan fingerprint density at radius 3 is 2.59 bits per heavy atom. The summed E-state index contributed by atoms with van der Waals surface area (Å²) in [4.78, 5) is 27.7. The van der Waals surface area contributed by atoms with Gasteiger partial charge in [-0.1, -0.05) is 6.07 Å². The van der Waals surface area contributed by atoms with Crippen LogP contribution in [-0.2, 0) is 4.79 Å². The van der Waals surface area contributed by atoms with E-state index in [0.29, 0.717) is 31.9 Å². The summed E-state index contributed by atoms with van der Waals surface area (Å²) < 4.78 is 10.7. The molecule has 29 heavy (non-hydrogen) atoms. The first-order valence-corrected chi connectivity index (χ1v) is 9.64. The number of benzene rings is 1. The summed E-state index contributed by atoms with van der Waals surface area (Å²) >= 11 is 0. The Kier molecular flexibility index (Phi) is 5.24. The van der Waals surface area contributed by atoms with Gasteiger partial charge in [-0.25, -0.2) is 4.98 Å². The van der Waals surface area contributed by atoms with Crippen molar-refractivity contribution in [1.82, 2.24) is 14.9 Å². The Labute approximate surface area is 170 Å². The van der Waals surface area contributed by atoms with Crippen molar-refractivity contribution in [3.8, 4) is 11.5 Å². The predicted molar refractivity (Wildman–Crippen MR) is 111 cm³/mol. The summed E-state index contributed by atoms with van der Waals surface area (Å²) in [5.41, 5.74) is 1.84. The minimum atomic E-state index is 0.00135. The van der Waals surface area contributed by atoms with Gasteiger partial charge in [-0.3, -0.25) is 4.79 Å². The standard InChI is InChI=1S/C21H25N5O3/c1-15-12-19(24(2)3)23-21(22-15)26-10-8-25(9-11-26)20(27)7-5-16-4-6-17-18(13-16)29-14-28-17/h4-7,12-13H,8-11,14H2,1-3H3/b7-5+. The average molecular weight is 395 g/mol. The first kappa shape index (κ1) is 19.0. The Hall–Kier alpha value is -3.29. The fourth-order valence-electron chi connectivity index (χ4n) is 3.32. The van der Waals surface area contributed by atoms with Gasteiger partial charge in [0.25, 0.3) is 0 Å². The molecule has 0 radical (unpaired) electrons. The molecule has 0 saturated carbocycles. The molecule has 8 nitrogen and oxygen atoms in total. The summed E-state index contributed by atoms with van der Waals surface area (Å²) in [6.45, 7) is 4.91. The van der Waals surface area contributed by atoms with Gasteiger partial charge in [-0.2, -0.15) is 4.98 Å². The molecule has 1 fully saturated rings. The Morgan fingerprint density at radius 2 is 1.83 bits per heavy atom. The van der Waals surface area contributed by atoms with Gasteiger partial charge < -0.3 is 24.2 Å². The van der Waals surface area contributed by atoms with E-state index in [1.807, 2.05) is 61.2 Å². The normalized spacial score (nSPS) is 15.8. The van der Waals surface area contributed by atoms with Gasteiger partial charge in [0.05, 0.1) is 0 Å². The van der Waals surface area contributed by atoms with Crippen molar-refractivity contribution in [2.24, 2.45) is 0 Å². The van der Waals surface area contributed by atoms with Crippen LogP contribution in [0.5, 0.6) is 11.5 Å². The number of fused-ring (bicyclic) bond motifs is 1. The van der Waals surface area contributed by atoms with Crippen LogP contribution in [0.3, 0.4) is 0 Å². The molecule has 0 aliphatic carbocycles. The van der Waals surface area contributed by atoms with Gasteiger partial charge in [0.15, 0.2) is 11.5 Å². The van der Waals surface area contributed by atoms with Crippen LogP contribution in [0.25, 0.3) is 6.08 Å². The van der Waals surface area contributed by atoms with Crippen LogP contribution in [-0.4, -0.2) is 67.8 Å². The molecule has 3 heterocycles. The van der Waals surface area contributed by atoms with Crippen molar-refractivity contribution in [2.75, 3.05) is 56.9 Å². The maximum Gasteiger partial charge on any atom is 0.246 e. The third kappa shape index (κ3) is 4.26. The van der Waals surface area contributed by atoms with E-state index in [0.717, 1.165) is 28.8 Å². The van der Waals surface area contributed by atoms with Crippen molar-refractivity contribution in [3.63, 3.8) is 0 Å². The number of ether oxygens (including phenoxy) is 2. The number of nitrogens with zero attached hydrogens (tertiary/aromatic N) is 5. The third-order valence-electron chi connectivity index (χ3n) is 4.98. The van der Waals surface area contributed by atoms with Gasteiger partial charge in [0.2, 0.25) is 18.6 Å². The van der Waals surface area contributed by atoms with Gasteiger partial charge in [-0.15, -0.1) is 0 Å². The highest BCUT2D eigenvalue weighted by molar-refractivity contribution is 5.92. The largest absolute Gasteiger partial charge is 0.454 e. The number of aromatic nitrogens is 2. The van der Waals surface area contributed by atoms with Crippen LogP contribution < -0.4 is 19.3 Å². The van der Waals surface area contributed by atoms with Crippen molar-refractivity contribution in [3.05, 3.63) is 41.6 Å². The summed E-state index contributed by atoms with van der Waals surface area (Å²) in [6, 6.07) is 7.60. The van der Waals surface area contributed by atoms with Crippen LogP contribution in [0.2, 0.25) is 0 Å². The number of aryl methyl sites for hydroxylation is 1. The monoisotopic (exact) mass is 395 g/mol. The van der Waals surface area contributed by atoms with Crippen molar-refractivity contribution in [2.45, 2.75) is 6.92 Å². The van der Waals surface area contributed by atoms with Crippen molar-refractivity contribution < 1.29 is 14.3 Å². The highest BCUT2D eigenvalue weighted by Crippen LogP contribution is 2.32. The zero-order chi connectivity index (χ0) is 20.4. The zero-order valence-corrected chi connectivity index (χ0v) is 17.0. The molecule has 152 valence electrons. The predicted octanol–water partition coefficient (Wildman–Crippen LogP) is 1.94. The number of amides is 1. The van der Waals surface area contributed by atoms with Gasteiger partial charge in [-0.05, 0) is 30.7 Å². The number of hydrogen-bond acceptors (Lipinski definition) is 7. The van der Waals surface area contributed by atoms with E-state index in [-0.39, 0.29) is 12.7 Å². The number of hydrogen-bond donors (Lipinski definition) is 0. The van der Waals surface area contributed by atoms with Gasteiger partial charge >= 0.3 is 0 Å².